The fourth-order valence-corrected chi connectivity index (χ4v) is 4.60. The lowest BCUT2D eigenvalue weighted by Crippen LogP contribution is -2.44. The highest BCUT2D eigenvalue weighted by Crippen LogP contribution is 2.26. The van der Waals surface area contributed by atoms with Crippen LogP contribution in [-0.2, 0) is 4.79 Å². The van der Waals surface area contributed by atoms with E-state index >= 15 is 0 Å². The van der Waals surface area contributed by atoms with Gasteiger partial charge in [-0.15, -0.1) is 11.8 Å². The van der Waals surface area contributed by atoms with Gasteiger partial charge in [-0.1, -0.05) is 24.3 Å². The first-order valence-electron chi connectivity index (χ1n) is 9.51. The molecule has 2 heterocycles. The number of aryl methyl sites for hydroxylation is 1. The molecular formula is C22H21FN4O2S. The maximum absolute atomic E-state index is 14.2. The van der Waals surface area contributed by atoms with E-state index in [-0.39, 0.29) is 17.5 Å². The molecule has 0 radical (unpaired) electrons. The number of hydrogen-bond donors (Lipinski definition) is 1. The van der Waals surface area contributed by atoms with Crippen LogP contribution in [0.3, 0.4) is 0 Å². The van der Waals surface area contributed by atoms with Crippen LogP contribution < -0.4 is 5.32 Å². The molecule has 1 fully saturated rings. The number of aromatic nitrogens is 2. The van der Waals surface area contributed by atoms with Crippen molar-refractivity contribution in [3.63, 3.8) is 0 Å². The van der Waals surface area contributed by atoms with Gasteiger partial charge in [0.2, 0.25) is 5.91 Å². The first-order chi connectivity index (χ1) is 14.5. The minimum Gasteiger partial charge on any atom is -0.324 e. The van der Waals surface area contributed by atoms with Crippen LogP contribution in [0.25, 0.3) is 5.69 Å². The number of para-hydroxylation sites is 1. The number of benzene rings is 2. The van der Waals surface area contributed by atoms with E-state index in [4.69, 9.17) is 0 Å². The lowest BCUT2D eigenvalue weighted by atomic mass is 10.1. The lowest BCUT2D eigenvalue weighted by Gasteiger charge is -2.23. The van der Waals surface area contributed by atoms with E-state index in [1.54, 1.807) is 30.0 Å². The Labute approximate surface area is 178 Å². The summed E-state index contributed by atoms with van der Waals surface area (Å²) < 4.78 is 15.6. The van der Waals surface area contributed by atoms with Crippen molar-refractivity contribution in [1.82, 2.24) is 14.7 Å². The number of halogens is 1. The number of nitrogens with zero attached hydrogens (tertiary/aromatic N) is 3. The Morgan fingerprint density at radius 2 is 1.97 bits per heavy atom. The summed E-state index contributed by atoms with van der Waals surface area (Å²) in [5, 5.41) is 7.11. The normalized spacial score (nSPS) is 16.0. The second-order valence-corrected chi connectivity index (χ2v) is 8.16. The molecule has 1 aliphatic rings. The topological polar surface area (TPSA) is 67.2 Å². The summed E-state index contributed by atoms with van der Waals surface area (Å²) in [4.78, 5) is 27.6. The van der Waals surface area contributed by atoms with Crippen molar-refractivity contribution in [3.05, 3.63) is 77.4 Å². The van der Waals surface area contributed by atoms with Crippen molar-refractivity contribution >= 4 is 29.3 Å². The molecule has 1 atom stereocenters. The molecule has 1 aliphatic heterocycles. The number of nitrogens with one attached hydrogen (secondary N) is 1. The Bertz CT molecular complexity index is 1110. The summed E-state index contributed by atoms with van der Waals surface area (Å²) in [7, 11) is 0. The zero-order valence-electron chi connectivity index (χ0n) is 16.6. The van der Waals surface area contributed by atoms with Crippen LogP contribution in [-0.4, -0.2) is 44.2 Å². The van der Waals surface area contributed by atoms with Gasteiger partial charge in [0.05, 0.1) is 23.3 Å². The Kier molecular flexibility index (Phi) is 5.59. The molecule has 1 saturated heterocycles. The summed E-state index contributed by atoms with van der Waals surface area (Å²) in [6.07, 6.45) is 1.43. The second kappa shape index (κ2) is 8.31. The Morgan fingerprint density at radius 3 is 2.73 bits per heavy atom. The number of thioether (sulfide) groups is 1. The van der Waals surface area contributed by atoms with E-state index in [1.807, 2.05) is 31.2 Å². The van der Waals surface area contributed by atoms with Crippen LogP contribution in [0.5, 0.6) is 0 Å². The van der Waals surface area contributed by atoms with Gasteiger partial charge in [-0.2, -0.15) is 5.10 Å². The zero-order valence-corrected chi connectivity index (χ0v) is 17.4. The molecular weight excluding hydrogens is 403 g/mol. The molecule has 0 aliphatic carbocycles. The number of hydrogen-bond acceptors (Lipinski definition) is 4. The van der Waals surface area contributed by atoms with E-state index in [0.717, 1.165) is 5.56 Å². The molecule has 4 rings (SSSR count). The quantitative estimate of drug-likeness (QED) is 0.692. The van der Waals surface area contributed by atoms with E-state index in [2.05, 4.69) is 10.4 Å². The van der Waals surface area contributed by atoms with Crippen molar-refractivity contribution in [2.45, 2.75) is 19.9 Å². The number of anilines is 1. The maximum atomic E-state index is 14.2. The van der Waals surface area contributed by atoms with Crippen molar-refractivity contribution in [1.29, 1.82) is 0 Å². The zero-order chi connectivity index (χ0) is 21.3. The van der Waals surface area contributed by atoms with Gasteiger partial charge in [0.25, 0.3) is 5.91 Å². The molecule has 6 nitrogen and oxygen atoms in total. The third-order valence-electron chi connectivity index (χ3n) is 5.05. The summed E-state index contributed by atoms with van der Waals surface area (Å²) >= 11 is 1.52. The predicted octanol–water partition coefficient (Wildman–Crippen LogP) is 3.78. The van der Waals surface area contributed by atoms with Crippen LogP contribution in [0, 0.1) is 19.7 Å². The van der Waals surface area contributed by atoms with Crippen LogP contribution in [0.2, 0.25) is 0 Å². The molecule has 3 aromatic rings. The van der Waals surface area contributed by atoms with Crippen LogP contribution in [0.4, 0.5) is 10.1 Å². The van der Waals surface area contributed by atoms with Crippen LogP contribution >= 0.6 is 11.8 Å². The lowest BCUT2D eigenvalue weighted by molar-refractivity contribution is -0.119. The van der Waals surface area contributed by atoms with Gasteiger partial charge in [-0.3, -0.25) is 9.59 Å². The van der Waals surface area contributed by atoms with Gasteiger partial charge < -0.3 is 10.2 Å². The molecule has 0 saturated carbocycles. The van der Waals surface area contributed by atoms with Gasteiger partial charge >= 0.3 is 0 Å². The Morgan fingerprint density at radius 1 is 1.17 bits per heavy atom. The average Bonchev–Trinajstić information content (AvgIpc) is 3.35. The molecule has 1 unspecified atom stereocenters. The standard InChI is InChI=1S/C22H21FN4O2S/c1-14-6-5-7-16(10-14)25-21(28)20-12-30-13-26(20)22(29)17-11-24-27(15(17)2)19-9-4-3-8-18(19)23/h3-11,20H,12-13H2,1-2H3,(H,25,28). The fraction of sp³-hybridized carbons (Fsp3) is 0.227. The molecule has 8 heteroatoms. The summed E-state index contributed by atoms with van der Waals surface area (Å²) in [6.45, 7) is 3.67. The SMILES string of the molecule is Cc1cccc(NC(=O)C2CSCN2C(=O)c2cnn(-c3ccccc3F)c2C)c1. The van der Waals surface area contributed by atoms with Crippen molar-refractivity contribution in [2.75, 3.05) is 16.9 Å². The summed E-state index contributed by atoms with van der Waals surface area (Å²) in [5.41, 5.74) is 2.90. The van der Waals surface area contributed by atoms with Crippen molar-refractivity contribution < 1.29 is 14.0 Å². The monoisotopic (exact) mass is 424 g/mol. The highest BCUT2D eigenvalue weighted by atomic mass is 32.2. The molecule has 154 valence electrons. The van der Waals surface area contributed by atoms with Crippen molar-refractivity contribution in [2.24, 2.45) is 0 Å². The molecule has 1 N–H and O–H groups in total. The van der Waals surface area contributed by atoms with Crippen molar-refractivity contribution in [3.8, 4) is 5.69 Å². The number of carbonyl (C=O) groups is 2. The first kappa shape index (κ1) is 20.2. The Hall–Kier alpha value is -3.13. The molecule has 0 bridgehead atoms. The average molecular weight is 425 g/mol. The molecule has 30 heavy (non-hydrogen) atoms. The first-order valence-corrected chi connectivity index (χ1v) is 10.7. The van der Waals surface area contributed by atoms with E-state index < -0.39 is 11.9 Å². The molecule has 2 amide bonds. The largest absolute Gasteiger partial charge is 0.324 e. The maximum Gasteiger partial charge on any atom is 0.258 e. The van der Waals surface area contributed by atoms with Gasteiger partial charge in [0, 0.05) is 11.4 Å². The minimum absolute atomic E-state index is 0.224. The van der Waals surface area contributed by atoms with E-state index in [1.165, 1.54) is 28.7 Å². The van der Waals surface area contributed by atoms with Crippen LogP contribution in [0.1, 0.15) is 21.6 Å². The number of amides is 2. The Balaban J connectivity index is 1.56. The summed E-state index contributed by atoms with van der Waals surface area (Å²) in [6, 6.07) is 13.2. The minimum atomic E-state index is -0.584. The highest BCUT2D eigenvalue weighted by molar-refractivity contribution is 7.99. The highest BCUT2D eigenvalue weighted by Gasteiger charge is 2.36. The van der Waals surface area contributed by atoms with Gasteiger partial charge in [0.1, 0.15) is 17.5 Å². The van der Waals surface area contributed by atoms with Gasteiger partial charge in [0.15, 0.2) is 0 Å². The number of rotatable bonds is 4. The third-order valence-corrected chi connectivity index (χ3v) is 6.06. The fourth-order valence-electron chi connectivity index (χ4n) is 3.45. The van der Waals surface area contributed by atoms with Gasteiger partial charge in [-0.05, 0) is 43.7 Å². The molecule has 2 aromatic carbocycles. The second-order valence-electron chi connectivity index (χ2n) is 7.16. The van der Waals surface area contributed by atoms with E-state index in [9.17, 15) is 14.0 Å². The summed E-state index contributed by atoms with van der Waals surface area (Å²) in [5.74, 6) is -0.00344. The van der Waals surface area contributed by atoms with Crippen LogP contribution in [0.15, 0.2) is 54.7 Å². The molecule has 0 spiro atoms. The number of carbonyl (C=O) groups excluding carboxylic acids is 2. The third kappa shape index (κ3) is 3.82. The van der Waals surface area contributed by atoms with E-state index in [0.29, 0.717) is 28.6 Å². The molecule has 1 aromatic heterocycles. The predicted molar refractivity (Wildman–Crippen MR) is 115 cm³/mol. The smallest absolute Gasteiger partial charge is 0.258 e. The van der Waals surface area contributed by atoms with Gasteiger partial charge in [-0.25, -0.2) is 9.07 Å².